The van der Waals surface area contributed by atoms with Crippen molar-refractivity contribution in [2.24, 2.45) is 0 Å². The number of fused-ring (bicyclic) bond motifs is 1. The Morgan fingerprint density at radius 3 is 2.64 bits per heavy atom. The first-order valence-corrected chi connectivity index (χ1v) is 9.38. The van der Waals surface area contributed by atoms with Crippen molar-refractivity contribution >= 4 is 50.7 Å². The lowest BCUT2D eigenvalue weighted by molar-refractivity contribution is -0.123. The Kier molecular flexibility index (Phi) is 6.29. The number of likely N-dealkylation sites (N-methyl/N-ethyl adjacent to an activating group) is 1. The fraction of sp³-hybridized carbons (Fsp3) is 0.312. The normalized spacial score (nSPS) is 18.6. The lowest BCUT2D eigenvalue weighted by Crippen LogP contribution is -2.57. The highest BCUT2D eigenvalue weighted by atomic mass is 35.5. The van der Waals surface area contributed by atoms with E-state index in [2.05, 4.69) is 10.6 Å². The molecule has 1 amide bonds. The number of hydrogen-bond acceptors (Lipinski definition) is 4. The quantitative estimate of drug-likeness (QED) is 0.815. The minimum Gasteiger partial charge on any atom is -0.358 e. The van der Waals surface area contributed by atoms with Gasteiger partial charge < -0.3 is 10.6 Å². The van der Waals surface area contributed by atoms with Crippen LogP contribution in [0.4, 0.5) is 0 Å². The van der Waals surface area contributed by atoms with Crippen LogP contribution in [0.15, 0.2) is 41.3 Å². The zero-order valence-electron chi connectivity index (χ0n) is 13.5. The van der Waals surface area contributed by atoms with Crippen LogP contribution in [-0.4, -0.2) is 51.4 Å². The highest BCUT2D eigenvalue weighted by molar-refractivity contribution is 7.89. The molecule has 1 atom stereocenters. The van der Waals surface area contributed by atoms with Crippen LogP contribution in [0.3, 0.4) is 0 Å². The van der Waals surface area contributed by atoms with Crippen LogP contribution in [0.2, 0.25) is 5.02 Å². The summed E-state index contributed by atoms with van der Waals surface area (Å²) in [7, 11) is -2.12. The number of sulfonamides is 1. The number of hydrogen-bond donors (Lipinski definition) is 2. The molecule has 1 fully saturated rings. The first kappa shape index (κ1) is 19.9. The SMILES string of the molecule is CNC(=O)C1CN(S(=O)(=O)c2ccc3cc(Cl)ccc3c2)CCN1.Cl. The van der Waals surface area contributed by atoms with Gasteiger partial charge in [0, 0.05) is 31.7 Å². The number of nitrogens with zero attached hydrogens (tertiary/aromatic N) is 1. The third-order valence-electron chi connectivity index (χ3n) is 4.11. The summed E-state index contributed by atoms with van der Waals surface area (Å²) in [5.74, 6) is -0.219. The predicted molar refractivity (Wildman–Crippen MR) is 101 cm³/mol. The van der Waals surface area contributed by atoms with E-state index in [0.29, 0.717) is 18.1 Å². The molecule has 1 aliphatic heterocycles. The van der Waals surface area contributed by atoms with Crippen molar-refractivity contribution in [3.63, 3.8) is 0 Å². The van der Waals surface area contributed by atoms with Crippen LogP contribution in [0.1, 0.15) is 0 Å². The molecule has 0 spiro atoms. The summed E-state index contributed by atoms with van der Waals surface area (Å²) in [6, 6.07) is 9.72. The van der Waals surface area contributed by atoms with Crippen LogP contribution >= 0.6 is 24.0 Å². The minimum absolute atomic E-state index is 0. The molecule has 0 radical (unpaired) electrons. The van der Waals surface area contributed by atoms with E-state index in [4.69, 9.17) is 11.6 Å². The number of rotatable bonds is 3. The van der Waals surface area contributed by atoms with Gasteiger partial charge in [0.25, 0.3) is 0 Å². The Balaban J connectivity index is 0.00000225. The maximum atomic E-state index is 12.9. The average molecular weight is 404 g/mol. The van der Waals surface area contributed by atoms with Crippen molar-refractivity contribution in [1.29, 1.82) is 0 Å². The summed E-state index contributed by atoms with van der Waals surface area (Å²) < 4.78 is 27.1. The van der Waals surface area contributed by atoms with Crippen molar-refractivity contribution in [1.82, 2.24) is 14.9 Å². The number of amides is 1. The van der Waals surface area contributed by atoms with Gasteiger partial charge in [-0.2, -0.15) is 4.31 Å². The molecule has 1 aliphatic rings. The summed E-state index contributed by atoms with van der Waals surface area (Å²) in [6.45, 7) is 0.871. The summed E-state index contributed by atoms with van der Waals surface area (Å²) in [6.07, 6.45) is 0. The van der Waals surface area contributed by atoms with E-state index in [1.165, 1.54) is 11.4 Å². The van der Waals surface area contributed by atoms with E-state index in [1.807, 2.05) is 0 Å². The van der Waals surface area contributed by atoms with Gasteiger partial charge in [0.15, 0.2) is 0 Å². The molecule has 2 aromatic rings. The second-order valence-electron chi connectivity index (χ2n) is 5.64. The molecule has 6 nitrogen and oxygen atoms in total. The lowest BCUT2D eigenvalue weighted by atomic mass is 10.1. The maximum absolute atomic E-state index is 12.9. The molecular formula is C16H19Cl2N3O3S. The monoisotopic (exact) mass is 403 g/mol. The Labute approximate surface area is 158 Å². The first-order chi connectivity index (χ1) is 11.4. The Morgan fingerprint density at radius 2 is 1.92 bits per heavy atom. The number of piperazine rings is 1. The Bertz CT molecular complexity index is 889. The number of halogens is 2. The molecule has 1 unspecified atom stereocenters. The fourth-order valence-corrected chi connectivity index (χ4v) is 4.47. The van der Waals surface area contributed by atoms with Crippen LogP contribution in [-0.2, 0) is 14.8 Å². The van der Waals surface area contributed by atoms with Crippen molar-refractivity contribution in [3.05, 3.63) is 41.4 Å². The fourth-order valence-electron chi connectivity index (χ4n) is 2.80. The zero-order valence-corrected chi connectivity index (χ0v) is 15.9. The van der Waals surface area contributed by atoms with E-state index < -0.39 is 16.1 Å². The number of carbonyl (C=O) groups is 1. The van der Waals surface area contributed by atoms with Gasteiger partial charge in [0.2, 0.25) is 15.9 Å². The van der Waals surface area contributed by atoms with Gasteiger partial charge in [-0.1, -0.05) is 23.7 Å². The van der Waals surface area contributed by atoms with Gasteiger partial charge in [-0.3, -0.25) is 4.79 Å². The maximum Gasteiger partial charge on any atom is 0.243 e. The molecule has 25 heavy (non-hydrogen) atoms. The van der Waals surface area contributed by atoms with Crippen molar-refractivity contribution in [3.8, 4) is 0 Å². The number of nitrogens with one attached hydrogen (secondary N) is 2. The standard InChI is InChI=1S/C16H18ClN3O3S.ClH/c1-18-16(21)15-10-20(7-6-19-15)24(22,23)14-5-3-11-8-13(17)4-2-12(11)9-14;/h2-5,8-9,15,19H,6-7,10H2,1H3,(H,18,21);1H. The zero-order chi connectivity index (χ0) is 17.3. The van der Waals surface area contributed by atoms with Gasteiger partial charge in [0.05, 0.1) is 4.90 Å². The number of benzene rings is 2. The van der Waals surface area contributed by atoms with E-state index >= 15 is 0 Å². The van der Waals surface area contributed by atoms with Crippen LogP contribution < -0.4 is 10.6 Å². The van der Waals surface area contributed by atoms with Crippen LogP contribution in [0, 0.1) is 0 Å². The summed E-state index contributed by atoms with van der Waals surface area (Å²) >= 11 is 5.96. The lowest BCUT2D eigenvalue weighted by Gasteiger charge is -2.31. The summed E-state index contributed by atoms with van der Waals surface area (Å²) in [4.78, 5) is 12.0. The molecule has 1 saturated heterocycles. The van der Waals surface area contributed by atoms with Crippen LogP contribution in [0.25, 0.3) is 10.8 Å². The second kappa shape index (κ2) is 7.88. The molecular weight excluding hydrogens is 385 g/mol. The predicted octanol–water partition coefficient (Wildman–Crippen LogP) is 1.62. The molecule has 0 aliphatic carbocycles. The molecule has 1 heterocycles. The molecule has 2 N–H and O–H groups in total. The molecule has 9 heteroatoms. The molecule has 0 saturated carbocycles. The topological polar surface area (TPSA) is 78.5 Å². The van der Waals surface area contributed by atoms with Crippen LogP contribution in [0.5, 0.6) is 0 Å². The van der Waals surface area contributed by atoms with Gasteiger partial charge >= 0.3 is 0 Å². The van der Waals surface area contributed by atoms with Gasteiger partial charge in [0.1, 0.15) is 6.04 Å². The molecule has 3 rings (SSSR count). The first-order valence-electron chi connectivity index (χ1n) is 7.56. The molecule has 0 aromatic heterocycles. The average Bonchev–Trinajstić information content (AvgIpc) is 2.60. The molecule has 0 bridgehead atoms. The van der Waals surface area contributed by atoms with E-state index in [-0.39, 0.29) is 29.8 Å². The second-order valence-corrected chi connectivity index (χ2v) is 8.01. The summed E-state index contributed by atoms with van der Waals surface area (Å²) in [5, 5.41) is 7.86. The highest BCUT2D eigenvalue weighted by Crippen LogP contribution is 2.25. The van der Waals surface area contributed by atoms with Crippen molar-refractivity contribution < 1.29 is 13.2 Å². The van der Waals surface area contributed by atoms with E-state index in [9.17, 15) is 13.2 Å². The van der Waals surface area contributed by atoms with E-state index in [1.54, 1.807) is 36.4 Å². The molecule has 2 aromatic carbocycles. The van der Waals surface area contributed by atoms with E-state index in [0.717, 1.165) is 10.8 Å². The Hall–Kier alpha value is -1.38. The largest absolute Gasteiger partial charge is 0.358 e. The third-order valence-corrected chi connectivity index (χ3v) is 6.21. The highest BCUT2D eigenvalue weighted by Gasteiger charge is 2.32. The van der Waals surface area contributed by atoms with Gasteiger partial charge in [-0.05, 0) is 35.0 Å². The smallest absolute Gasteiger partial charge is 0.243 e. The Morgan fingerprint density at radius 1 is 1.24 bits per heavy atom. The van der Waals surface area contributed by atoms with Gasteiger partial charge in [-0.15, -0.1) is 12.4 Å². The number of carbonyl (C=O) groups excluding carboxylic acids is 1. The summed E-state index contributed by atoms with van der Waals surface area (Å²) in [5.41, 5.74) is 0. The molecule has 136 valence electrons. The van der Waals surface area contributed by atoms with Crippen molar-refractivity contribution in [2.45, 2.75) is 10.9 Å². The third kappa shape index (κ3) is 4.07. The minimum atomic E-state index is -3.66. The van der Waals surface area contributed by atoms with Crippen molar-refractivity contribution in [2.75, 3.05) is 26.7 Å². The van der Waals surface area contributed by atoms with Gasteiger partial charge in [-0.25, -0.2) is 8.42 Å².